The van der Waals surface area contributed by atoms with Crippen molar-refractivity contribution in [2.24, 2.45) is 0 Å². The Morgan fingerprint density at radius 3 is 3.07 bits per heavy atom. The van der Waals surface area contributed by atoms with E-state index in [1.165, 1.54) is 6.42 Å². The maximum Gasteiger partial charge on any atom is 0.125 e. The normalized spacial score (nSPS) is 20.7. The van der Waals surface area contributed by atoms with Gasteiger partial charge in [0.2, 0.25) is 0 Å². The van der Waals surface area contributed by atoms with E-state index in [-0.39, 0.29) is 0 Å². The van der Waals surface area contributed by atoms with Gasteiger partial charge in [-0.3, -0.25) is 0 Å². The van der Waals surface area contributed by atoms with E-state index in [1.54, 1.807) is 6.20 Å². The van der Waals surface area contributed by atoms with E-state index in [0.29, 0.717) is 11.9 Å². The number of rotatable bonds is 2. The highest BCUT2D eigenvalue weighted by atomic mass is 14.9. The van der Waals surface area contributed by atoms with Crippen molar-refractivity contribution in [3.05, 3.63) is 30.5 Å². The van der Waals surface area contributed by atoms with Gasteiger partial charge in [0.1, 0.15) is 5.82 Å². The molecule has 1 atom stereocenters. The number of pyridine rings is 1. The van der Waals surface area contributed by atoms with Crippen LogP contribution in [-0.4, -0.2) is 11.0 Å². The number of allylic oxidation sites excluding steroid dienone is 1. The summed E-state index contributed by atoms with van der Waals surface area (Å²) in [6.07, 6.45) is 9.65. The third-order valence-corrected chi connectivity index (χ3v) is 2.42. The number of nitrogens with one attached hydrogen (secondary N) is 1. The van der Waals surface area contributed by atoms with Crippen molar-refractivity contribution in [3.63, 3.8) is 0 Å². The lowest BCUT2D eigenvalue weighted by Crippen LogP contribution is -2.20. The first-order valence-electron chi connectivity index (χ1n) is 4.97. The first-order valence-corrected chi connectivity index (χ1v) is 4.97. The van der Waals surface area contributed by atoms with Crippen molar-refractivity contribution in [2.45, 2.75) is 25.3 Å². The fourth-order valence-corrected chi connectivity index (χ4v) is 1.70. The Kier molecular flexibility index (Phi) is 2.68. The maximum atomic E-state index is 5.60. The molecule has 1 aliphatic rings. The van der Waals surface area contributed by atoms with Crippen LogP contribution < -0.4 is 11.1 Å². The number of aromatic nitrogens is 1. The van der Waals surface area contributed by atoms with Gasteiger partial charge in [-0.25, -0.2) is 4.98 Å². The van der Waals surface area contributed by atoms with Crippen molar-refractivity contribution in [3.8, 4) is 0 Å². The quantitative estimate of drug-likeness (QED) is 0.701. The van der Waals surface area contributed by atoms with Crippen LogP contribution in [-0.2, 0) is 0 Å². The topological polar surface area (TPSA) is 50.9 Å². The predicted molar refractivity (Wildman–Crippen MR) is 59.1 cm³/mol. The molecular weight excluding hydrogens is 174 g/mol. The molecule has 1 aromatic rings. The van der Waals surface area contributed by atoms with Gasteiger partial charge in [-0.1, -0.05) is 12.2 Å². The van der Waals surface area contributed by atoms with Crippen LogP contribution in [0, 0.1) is 0 Å². The van der Waals surface area contributed by atoms with Crippen LogP contribution >= 0.6 is 0 Å². The molecule has 74 valence electrons. The smallest absolute Gasteiger partial charge is 0.125 e. The van der Waals surface area contributed by atoms with Crippen molar-refractivity contribution >= 4 is 11.5 Å². The molecule has 1 heterocycles. The van der Waals surface area contributed by atoms with Gasteiger partial charge >= 0.3 is 0 Å². The van der Waals surface area contributed by atoms with Crippen LogP contribution in [0.15, 0.2) is 30.5 Å². The van der Waals surface area contributed by atoms with E-state index >= 15 is 0 Å². The summed E-state index contributed by atoms with van der Waals surface area (Å²) in [4.78, 5) is 3.96. The zero-order chi connectivity index (χ0) is 9.80. The number of hydrogen-bond donors (Lipinski definition) is 2. The van der Waals surface area contributed by atoms with Crippen LogP contribution in [0.5, 0.6) is 0 Å². The molecule has 0 bridgehead atoms. The van der Waals surface area contributed by atoms with E-state index in [2.05, 4.69) is 22.5 Å². The zero-order valence-electron chi connectivity index (χ0n) is 8.11. The second kappa shape index (κ2) is 4.13. The lowest BCUT2D eigenvalue weighted by atomic mass is 10.0. The molecule has 14 heavy (non-hydrogen) atoms. The Balaban J connectivity index is 1.99. The monoisotopic (exact) mass is 189 g/mol. The Morgan fingerprint density at radius 2 is 2.36 bits per heavy atom. The van der Waals surface area contributed by atoms with E-state index in [1.807, 2.05) is 12.1 Å². The largest absolute Gasteiger partial charge is 0.384 e. The molecule has 0 amide bonds. The predicted octanol–water partition coefficient (Wildman–Crippen LogP) is 2.18. The molecule has 3 nitrogen and oxygen atoms in total. The highest BCUT2D eigenvalue weighted by Gasteiger charge is 2.08. The van der Waals surface area contributed by atoms with Crippen LogP contribution in [0.25, 0.3) is 0 Å². The molecule has 3 heteroatoms. The van der Waals surface area contributed by atoms with Crippen LogP contribution in [0.4, 0.5) is 11.5 Å². The molecule has 0 aromatic carbocycles. The van der Waals surface area contributed by atoms with Gasteiger partial charge in [-0.05, 0) is 25.3 Å². The average Bonchev–Trinajstić information content (AvgIpc) is 2.19. The first kappa shape index (κ1) is 9.06. The van der Waals surface area contributed by atoms with Crippen molar-refractivity contribution in [1.29, 1.82) is 0 Å². The van der Waals surface area contributed by atoms with Gasteiger partial charge in [-0.2, -0.15) is 0 Å². The molecule has 0 saturated heterocycles. The SMILES string of the molecule is Nc1cc(NC2CC=CCC2)ccn1. The van der Waals surface area contributed by atoms with E-state index in [0.717, 1.165) is 18.5 Å². The minimum Gasteiger partial charge on any atom is -0.384 e. The average molecular weight is 189 g/mol. The van der Waals surface area contributed by atoms with Gasteiger partial charge < -0.3 is 11.1 Å². The van der Waals surface area contributed by atoms with E-state index in [9.17, 15) is 0 Å². The summed E-state index contributed by atoms with van der Waals surface area (Å²) in [5, 5.41) is 3.45. The Morgan fingerprint density at radius 1 is 1.43 bits per heavy atom. The summed E-state index contributed by atoms with van der Waals surface area (Å²) >= 11 is 0. The molecule has 2 rings (SSSR count). The van der Waals surface area contributed by atoms with Crippen LogP contribution in [0.1, 0.15) is 19.3 Å². The van der Waals surface area contributed by atoms with Crippen molar-refractivity contribution in [1.82, 2.24) is 4.98 Å². The lowest BCUT2D eigenvalue weighted by molar-refractivity contribution is 0.645. The number of nitrogens with two attached hydrogens (primary N) is 1. The van der Waals surface area contributed by atoms with Gasteiger partial charge in [0.05, 0.1) is 0 Å². The second-order valence-electron chi connectivity index (χ2n) is 3.60. The molecule has 1 aromatic heterocycles. The summed E-state index contributed by atoms with van der Waals surface area (Å²) in [5.41, 5.74) is 6.67. The lowest BCUT2D eigenvalue weighted by Gasteiger charge is -2.20. The van der Waals surface area contributed by atoms with Gasteiger partial charge in [0, 0.05) is 24.0 Å². The van der Waals surface area contributed by atoms with Crippen LogP contribution in [0.3, 0.4) is 0 Å². The van der Waals surface area contributed by atoms with Crippen molar-refractivity contribution in [2.75, 3.05) is 11.1 Å². The van der Waals surface area contributed by atoms with Crippen molar-refractivity contribution < 1.29 is 0 Å². The molecule has 0 aliphatic heterocycles. The Hall–Kier alpha value is -1.51. The third kappa shape index (κ3) is 2.25. The molecule has 0 radical (unpaired) electrons. The highest BCUT2D eigenvalue weighted by molar-refractivity contribution is 5.50. The fraction of sp³-hybridized carbons (Fsp3) is 0.364. The molecule has 3 N–H and O–H groups in total. The summed E-state index contributed by atoms with van der Waals surface area (Å²) < 4.78 is 0. The standard InChI is InChI=1S/C11H15N3/c12-11-8-10(6-7-13-11)14-9-4-2-1-3-5-9/h1-2,6-9H,3-5H2,(H3,12,13,14). The zero-order valence-corrected chi connectivity index (χ0v) is 8.11. The molecule has 0 spiro atoms. The van der Waals surface area contributed by atoms with E-state index in [4.69, 9.17) is 5.73 Å². The first-order chi connectivity index (χ1) is 6.84. The molecule has 1 aliphatic carbocycles. The molecule has 1 unspecified atom stereocenters. The second-order valence-corrected chi connectivity index (χ2v) is 3.60. The Labute approximate surface area is 84.0 Å². The third-order valence-electron chi connectivity index (χ3n) is 2.42. The molecular formula is C11H15N3. The van der Waals surface area contributed by atoms with E-state index < -0.39 is 0 Å². The van der Waals surface area contributed by atoms with Gasteiger partial charge in [0.25, 0.3) is 0 Å². The maximum absolute atomic E-state index is 5.60. The minimum atomic E-state index is 0.543. The number of hydrogen-bond acceptors (Lipinski definition) is 3. The fourth-order valence-electron chi connectivity index (χ4n) is 1.70. The number of nitrogens with zero attached hydrogens (tertiary/aromatic N) is 1. The minimum absolute atomic E-state index is 0.543. The number of anilines is 2. The molecule has 0 saturated carbocycles. The Bertz CT molecular complexity index is 333. The highest BCUT2D eigenvalue weighted by Crippen LogP contribution is 2.17. The summed E-state index contributed by atoms with van der Waals surface area (Å²) in [7, 11) is 0. The molecule has 0 fully saturated rings. The number of nitrogen functional groups attached to an aromatic ring is 1. The van der Waals surface area contributed by atoms with Gasteiger partial charge in [-0.15, -0.1) is 0 Å². The summed E-state index contributed by atoms with van der Waals surface area (Å²) in [6, 6.07) is 4.37. The van der Waals surface area contributed by atoms with Gasteiger partial charge in [0.15, 0.2) is 0 Å². The summed E-state index contributed by atoms with van der Waals surface area (Å²) in [6.45, 7) is 0. The van der Waals surface area contributed by atoms with Crippen LogP contribution in [0.2, 0.25) is 0 Å². The summed E-state index contributed by atoms with van der Waals surface area (Å²) in [5.74, 6) is 0.571.